The quantitative estimate of drug-likeness (QED) is 0.575. The molecule has 0 heterocycles. The molecule has 0 aromatic heterocycles. The molecule has 0 aliphatic rings. The van der Waals surface area contributed by atoms with E-state index in [-0.39, 0.29) is 0 Å². The van der Waals surface area contributed by atoms with Crippen molar-refractivity contribution in [3.8, 4) is 0 Å². The fourth-order valence-electron chi connectivity index (χ4n) is 1.77. The van der Waals surface area contributed by atoms with Crippen LogP contribution in [0.2, 0.25) is 0 Å². The number of likely N-dealkylation sites (N-methyl/N-ethyl adjacent to an activating group) is 2. The Morgan fingerprint density at radius 3 is 2.25 bits per heavy atom. The molecule has 0 aliphatic carbocycles. The molecule has 0 bridgehead atoms. The van der Waals surface area contributed by atoms with Gasteiger partial charge in [-0.3, -0.25) is 0 Å². The maximum Gasteiger partial charge on any atom is 0.0106 e. The third kappa shape index (κ3) is 10.4. The van der Waals surface area contributed by atoms with Crippen LogP contribution in [0.1, 0.15) is 33.1 Å². The van der Waals surface area contributed by atoms with Crippen LogP contribution in [0.5, 0.6) is 0 Å². The molecule has 0 radical (unpaired) electrons. The molecule has 3 nitrogen and oxygen atoms in total. The highest BCUT2D eigenvalue weighted by Crippen LogP contribution is 2.01. The van der Waals surface area contributed by atoms with Gasteiger partial charge in [-0.2, -0.15) is 0 Å². The summed E-state index contributed by atoms with van der Waals surface area (Å²) in [5, 5.41) is 3.45. The van der Waals surface area contributed by atoms with Crippen LogP contribution >= 0.6 is 0 Å². The molecule has 0 rings (SSSR count). The molecule has 16 heavy (non-hydrogen) atoms. The van der Waals surface area contributed by atoms with Gasteiger partial charge in [-0.1, -0.05) is 13.3 Å². The van der Waals surface area contributed by atoms with Gasteiger partial charge in [0.15, 0.2) is 0 Å². The number of nitrogens with one attached hydrogen (secondary N) is 1. The first-order valence-electron chi connectivity index (χ1n) is 6.63. The van der Waals surface area contributed by atoms with Crippen molar-refractivity contribution in [2.75, 3.05) is 47.3 Å². The summed E-state index contributed by atoms with van der Waals surface area (Å²) < 4.78 is 0. The van der Waals surface area contributed by atoms with Crippen molar-refractivity contribution in [1.29, 1.82) is 0 Å². The molecule has 0 aliphatic heterocycles. The zero-order valence-electron chi connectivity index (χ0n) is 11.9. The van der Waals surface area contributed by atoms with E-state index in [1.54, 1.807) is 0 Å². The van der Waals surface area contributed by atoms with Crippen LogP contribution in [0.25, 0.3) is 0 Å². The summed E-state index contributed by atoms with van der Waals surface area (Å²) in [7, 11) is 6.48. The van der Waals surface area contributed by atoms with Crippen molar-refractivity contribution < 1.29 is 0 Å². The Morgan fingerprint density at radius 2 is 1.69 bits per heavy atom. The Kier molecular flexibility index (Phi) is 9.99. The Morgan fingerprint density at radius 1 is 1.00 bits per heavy atom. The Labute approximate surface area is 102 Å². The van der Waals surface area contributed by atoms with Crippen LogP contribution in [0.15, 0.2) is 0 Å². The van der Waals surface area contributed by atoms with E-state index in [1.807, 2.05) is 0 Å². The van der Waals surface area contributed by atoms with Crippen LogP contribution in [-0.4, -0.2) is 63.2 Å². The topological polar surface area (TPSA) is 18.5 Å². The number of rotatable bonds is 10. The molecule has 0 aromatic rings. The summed E-state index contributed by atoms with van der Waals surface area (Å²) >= 11 is 0. The second-order valence-electron chi connectivity index (χ2n) is 5.06. The third-order valence-corrected chi connectivity index (χ3v) is 2.91. The third-order valence-electron chi connectivity index (χ3n) is 2.91. The summed E-state index contributed by atoms with van der Waals surface area (Å²) in [5.74, 6) is 0. The van der Waals surface area contributed by atoms with Gasteiger partial charge < -0.3 is 15.1 Å². The lowest BCUT2D eigenvalue weighted by Crippen LogP contribution is -2.29. The first-order valence-corrected chi connectivity index (χ1v) is 6.63. The maximum atomic E-state index is 3.45. The first-order chi connectivity index (χ1) is 7.56. The van der Waals surface area contributed by atoms with Crippen molar-refractivity contribution >= 4 is 0 Å². The van der Waals surface area contributed by atoms with Gasteiger partial charge in [-0.25, -0.2) is 0 Å². The number of hydrogen-bond donors (Lipinski definition) is 1. The highest BCUT2D eigenvalue weighted by atomic mass is 15.1. The monoisotopic (exact) mass is 229 g/mol. The van der Waals surface area contributed by atoms with E-state index in [0.29, 0.717) is 6.04 Å². The van der Waals surface area contributed by atoms with Crippen LogP contribution in [0.3, 0.4) is 0 Å². The Bertz CT molecular complexity index is 148. The highest BCUT2D eigenvalue weighted by molar-refractivity contribution is 4.60. The van der Waals surface area contributed by atoms with Gasteiger partial charge in [0.1, 0.15) is 0 Å². The van der Waals surface area contributed by atoms with E-state index in [1.165, 1.54) is 32.4 Å². The van der Waals surface area contributed by atoms with E-state index >= 15 is 0 Å². The largest absolute Gasteiger partial charge is 0.315 e. The van der Waals surface area contributed by atoms with Crippen molar-refractivity contribution in [2.24, 2.45) is 0 Å². The number of nitrogens with zero attached hydrogens (tertiary/aromatic N) is 2. The van der Waals surface area contributed by atoms with E-state index < -0.39 is 0 Å². The normalized spacial score (nSPS) is 13.7. The fraction of sp³-hybridized carbons (Fsp3) is 1.00. The Balaban J connectivity index is 3.30. The minimum atomic E-state index is 0.678. The van der Waals surface area contributed by atoms with Crippen molar-refractivity contribution in [3.63, 3.8) is 0 Å². The Hall–Kier alpha value is -0.120. The maximum absolute atomic E-state index is 3.45. The smallest absolute Gasteiger partial charge is 0.0106 e. The molecule has 1 N–H and O–H groups in total. The summed E-state index contributed by atoms with van der Waals surface area (Å²) in [6.45, 7) is 9.10. The van der Waals surface area contributed by atoms with Crippen molar-refractivity contribution in [1.82, 2.24) is 15.1 Å². The van der Waals surface area contributed by atoms with Crippen molar-refractivity contribution in [2.45, 2.75) is 39.2 Å². The van der Waals surface area contributed by atoms with Crippen LogP contribution < -0.4 is 5.32 Å². The molecule has 0 spiro atoms. The zero-order chi connectivity index (χ0) is 12.4. The molecule has 0 fully saturated rings. The SMILES string of the molecule is CCNC(C)CCCCN(C)CCN(C)C. The summed E-state index contributed by atoms with van der Waals surface area (Å²) in [5.41, 5.74) is 0. The highest BCUT2D eigenvalue weighted by Gasteiger charge is 2.01. The average Bonchev–Trinajstić information content (AvgIpc) is 2.22. The second-order valence-corrected chi connectivity index (χ2v) is 5.06. The average molecular weight is 229 g/mol. The lowest BCUT2D eigenvalue weighted by molar-refractivity contribution is 0.276. The molecular formula is C13H31N3. The van der Waals surface area contributed by atoms with Crippen LogP contribution in [-0.2, 0) is 0 Å². The fourth-order valence-corrected chi connectivity index (χ4v) is 1.77. The standard InChI is InChI=1S/C13H31N3/c1-6-14-13(2)9-7-8-10-16(5)12-11-15(3)4/h13-14H,6-12H2,1-5H3. The van der Waals surface area contributed by atoms with E-state index in [4.69, 9.17) is 0 Å². The molecule has 1 unspecified atom stereocenters. The molecule has 3 heteroatoms. The van der Waals surface area contributed by atoms with Gasteiger partial charge in [-0.05, 0) is 54.0 Å². The molecule has 0 saturated carbocycles. The van der Waals surface area contributed by atoms with Gasteiger partial charge in [0, 0.05) is 19.1 Å². The van der Waals surface area contributed by atoms with Gasteiger partial charge in [0.2, 0.25) is 0 Å². The minimum absolute atomic E-state index is 0.678. The lowest BCUT2D eigenvalue weighted by atomic mass is 10.1. The van der Waals surface area contributed by atoms with Crippen molar-refractivity contribution in [3.05, 3.63) is 0 Å². The molecule has 0 amide bonds. The molecule has 98 valence electrons. The lowest BCUT2D eigenvalue weighted by Gasteiger charge is -2.19. The van der Waals surface area contributed by atoms with Gasteiger partial charge in [0.05, 0.1) is 0 Å². The summed E-state index contributed by atoms with van der Waals surface area (Å²) in [6.07, 6.45) is 3.95. The van der Waals surface area contributed by atoms with Gasteiger partial charge in [0.25, 0.3) is 0 Å². The van der Waals surface area contributed by atoms with Gasteiger partial charge >= 0.3 is 0 Å². The second kappa shape index (κ2) is 10.1. The number of hydrogen-bond acceptors (Lipinski definition) is 3. The molecule has 1 atom stereocenters. The molecule has 0 saturated heterocycles. The van der Waals surface area contributed by atoms with Crippen LogP contribution in [0, 0.1) is 0 Å². The predicted octanol–water partition coefficient (Wildman–Crippen LogP) is 1.65. The van der Waals surface area contributed by atoms with E-state index in [9.17, 15) is 0 Å². The van der Waals surface area contributed by atoms with Gasteiger partial charge in [-0.15, -0.1) is 0 Å². The van der Waals surface area contributed by atoms with E-state index in [0.717, 1.165) is 13.1 Å². The summed E-state index contributed by atoms with van der Waals surface area (Å²) in [6, 6.07) is 0.678. The van der Waals surface area contributed by atoms with Crippen LogP contribution in [0.4, 0.5) is 0 Å². The molecule has 0 aromatic carbocycles. The van der Waals surface area contributed by atoms with E-state index in [2.05, 4.69) is 50.1 Å². The minimum Gasteiger partial charge on any atom is -0.315 e. The predicted molar refractivity (Wildman–Crippen MR) is 73.0 cm³/mol. The summed E-state index contributed by atoms with van der Waals surface area (Å²) in [4.78, 5) is 4.67. The molecular weight excluding hydrogens is 198 g/mol. The zero-order valence-corrected chi connectivity index (χ0v) is 11.9. The number of unbranched alkanes of at least 4 members (excludes halogenated alkanes) is 1. The first kappa shape index (κ1) is 15.9.